The highest BCUT2D eigenvalue weighted by atomic mass is 15.0. The van der Waals surface area contributed by atoms with Gasteiger partial charge in [0, 0.05) is 49.4 Å². The van der Waals surface area contributed by atoms with Gasteiger partial charge in [-0.15, -0.1) is 0 Å². The first-order chi connectivity index (χ1) is 25.3. The second kappa shape index (κ2) is 10.8. The molecule has 0 amide bonds. The van der Waals surface area contributed by atoms with Crippen molar-refractivity contribution in [3.8, 4) is 28.2 Å². The first-order valence-corrected chi connectivity index (χ1v) is 17.5. The molecule has 11 rings (SSSR count). The van der Waals surface area contributed by atoms with Gasteiger partial charge in [-0.1, -0.05) is 121 Å². The zero-order valence-corrected chi connectivity index (χ0v) is 27.7. The summed E-state index contributed by atoms with van der Waals surface area (Å²) in [6.07, 6.45) is 0. The van der Waals surface area contributed by atoms with E-state index in [2.05, 4.69) is 202 Å². The Hall–Kier alpha value is -6.84. The lowest BCUT2D eigenvalue weighted by atomic mass is 10.0. The Morgan fingerprint density at radius 1 is 0.235 bits per heavy atom. The standard InChI is InChI=1S/C48H31N3/c1-4-14-34(15-5-1)49-43-22-12-10-20-37(43)39-26-24-33(31-46(39)49)32-25-29-45-42(30-32)41-28-27-40-38-21-11-13-23-44(38)50(35-16-6-2-7-17-35)47(40)48(41)51(45)36-18-8-3-9-19-36/h1-31H. The molecule has 0 saturated heterocycles. The van der Waals surface area contributed by atoms with Crippen LogP contribution in [0.5, 0.6) is 0 Å². The summed E-state index contributed by atoms with van der Waals surface area (Å²) in [5.41, 5.74) is 13.1. The van der Waals surface area contributed by atoms with Gasteiger partial charge in [-0.25, -0.2) is 0 Å². The molecule has 0 bridgehead atoms. The highest BCUT2D eigenvalue weighted by Crippen LogP contribution is 2.43. The van der Waals surface area contributed by atoms with Crippen molar-refractivity contribution in [2.75, 3.05) is 0 Å². The molecule has 3 heterocycles. The number of benzene rings is 8. The first kappa shape index (κ1) is 28.0. The molecule has 11 aromatic rings. The van der Waals surface area contributed by atoms with Crippen LogP contribution in [0.4, 0.5) is 0 Å². The second-order valence-electron chi connectivity index (χ2n) is 13.4. The molecule has 3 nitrogen and oxygen atoms in total. The topological polar surface area (TPSA) is 14.8 Å². The Morgan fingerprint density at radius 3 is 1.24 bits per heavy atom. The Balaban J connectivity index is 1.23. The van der Waals surface area contributed by atoms with Crippen LogP contribution < -0.4 is 0 Å². The van der Waals surface area contributed by atoms with Gasteiger partial charge in [-0.05, 0) is 77.9 Å². The van der Waals surface area contributed by atoms with Gasteiger partial charge in [0.1, 0.15) is 0 Å². The molecule has 0 aliphatic heterocycles. The van der Waals surface area contributed by atoms with E-state index in [0.717, 1.165) is 11.4 Å². The highest BCUT2D eigenvalue weighted by molar-refractivity contribution is 6.24. The smallest absolute Gasteiger partial charge is 0.0788 e. The Bertz CT molecular complexity index is 3110. The van der Waals surface area contributed by atoms with E-state index in [-0.39, 0.29) is 0 Å². The van der Waals surface area contributed by atoms with E-state index in [1.165, 1.54) is 82.2 Å². The molecule has 0 radical (unpaired) electrons. The number of hydrogen-bond donors (Lipinski definition) is 0. The van der Waals surface area contributed by atoms with Gasteiger partial charge < -0.3 is 13.7 Å². The van der Waals surface area contributed by atoms with Crippen LogP contribution in [-0.2, 0) is 0 Å². The van der Waals surface area contributed by atoms with Gasteiger partial charge in [0.2, 0.25) is 0 Å². The van der Waals surface area contributed by atoms with E-state index in [1.807, 2.05) is 0 Å². The van der Waals surface area contributed by atoms with Crippen molar-refractivity contribution in [2.24, 2.45) is 0 Å². The molecule has 0 aliphatic carbocycles. The highest BCUT2D eigenvalue weighted by Gasteiger charge is 2.22. The summed E-state index contributed by atoms with van der Waals surface area (Å²) in [5, 5.41) is 7.51. The predicted octanol–water partition coefficient (Wildman–Crippen LogP) is 12.6. The third-order valence-electron chi connectivity index (χ3n) is 10.6. The second-order valence-corrected chi connectivity index (χ2v) is 13.4. The van der Waals surface area contributed by atoms with Crippen LogP contribution in [-0.4, -0.2) is 13.7 Å². The van der Waals surface area contributed by atoms with Gasteiger partial charge in [0.05, 0.1) is 33.1 Å². The Labute approximate surface area is 294 Å². The van der Waals surface area contributed by atoms with Crippen molar-refractivity contribution < 1.29 is 0 Å². The molecule has 0 aliphatic rings. The van der Waals surface area contributed by atoms with E-state index >= 15 is 0 Å². The lowest BCUT2D eigenvalue weighted by Crippen LogP contribution is -1.98. The molecule has 8 aromatic carbocycles. The molecule has 0 spiro atoms. The predicted molar refractivity (Wildman–Crippen MR) is 215 cm³/mol. The number of fused-ring (bicyclic) bond motifs is 10. The minimum atomic E-state index is 1.15. The number of aromatic nitrogens is 3. The number of nitrogens with zero attached hydrogens (tertiary/aromatic N) is 3. The molecule has 0 fully saturated rings. The Morgan fingerprint density at radius 2 is 0.627 bits per heavy atom. The van der Waals surface area contributed by atoms with Gasteiger partial charge in [0.25, 0.3) is 0 Å². The van der Waals surface area contributed by atoms with Gasteiger partial charge in [0.15, 0.2) is 0 Å². The number of para-hydroxylation sites is 5. The van der Waals surface area contributed by atoms with E-state index in [1.54, 1.807) is 0 Å². The third-order valence-corrected chi connectivity index (χ3v) is 10.6. The molecule has 0 atom stereocenters. The summed E-state index contributed by atoms with van der Waals surface area (Å²) < 4.78 is 7.31. The normalized spacial score (nSPS) is 11.9. The fraction of sp³-hybridized carbons (Fsp3) is 0. The van der Waals surface area contributed by atoms with E-state index in [4.69, 9.17) is 0 Å². The van der Waals surface area contributed by atoms with Crippen LogP contribution in [0.2, 0.25) is 0 Å². The molecule has 238 valence electrons. The van der Waals surface area contributed by atoms with E-state index < -0.39 is 0 Å². The van der Waals surface area contributed by atoms with Crippen molar-refractivity contribution in [1.29, 1.82) is 0 Å². The van der Waals surface area contributed by atoms with Crippen LogP contribution in [0.1, 0.15) is 0 Å². The molecule has 0 unspecified atom stereocenters. The van der Waals surface area contributed by atoms with Crippen LogP contribution in [0.25, 0.3) is 93.6 Å². The fourth-order valence-corrected chi connectivity index (χ4v) is 8.43. The minimum absolute atomic E-state index is 1.15. The molecule has 0 saturated carbocycles. The largest absolute Gasteiger partial charge is 0.309 e. The van der Waals surface area contributed by atoms with Crippen LogP contribution in [0.15, 0.2) is 188 Å². The minimum Gasteiger partial charge on any atom is -0.309 e. The monoisotopic (exact) mass is 649 g/mol. The Kier molecular flexibility index (Phi) is 5.96. The number of hydrogen-bond acceptors (Lipinski definition) is 0. The van der Waals surface area contributed by atoms with Gasteiger partial charge in [-0.2, -0.15) is 0 Å². The van der Waals surface area contributed by atoms with Crippen molar-refractivity contribution in [3.05, 3.63) is 188 Å². The lowest BCUT2D eigenvalue weighted by molar-refractivity contribution is 1.15. The molecule has 3 heteroatoms. The SMILES string of the molecule is c1ccc(-n2c3ccccc3c3ccc(-c4ccc5c(c4)c4ccc6c7ccccc7n(-c7ccccc7)c6c4n5-c4ccccc4)cc32)cc1. The van der Waals surface area contributed by atoms with Crippen LogP contribution in [0, 0.1) is 0 Å². The molecule has 3 aromatic heterocycles. The van der Waals surface area contributed by atoms with Crippen LogP contribution >= 0.6 is 0 Å². The molecule has 51 heavy (non-hydrogen) atoms. The zero-order chi connectivity index (χ0) is 33.5. The lowest BCUT2D eigenvalue weighted by Gasteiger charge is -2.12. The maximum Gasteiger partial charge on any atom is 0.0788 e. The summed E-state index contributed by atoms with van der Waals surface area (Å²) in [7, 11) is 0. The average Bonchev–Trinajstić information content (AvgIpc) is 3.84. The van der Waals surface area contributed by atoms with Crippen molar-refractivity contribution in [1.82, 2.24) is 13.7 Å². The van der Waals surface area contributed by atoms with Gasteiger partial charge >= 0.3 is 0 Å². The fourth-order valence-electron chi connectivity index (χ4n) is 8.43. The summed E-state index contributed by atoms with van der Waals surface area (Å²) in [5.74, 6) is 0. The summed E-state index contributed by atoms with van der Waals surface area (Å²) >= 11 is 0. The maximum absolute atomic E-state index is 2.46. The maximum atomic E-state index is 2.46. The van der Waals surface area contributed by atoms with Crippen LogP contribution in [0.3, 0.4) is 0 Å². The molecular formula is C48H31N3. The molecule has 0 N–H and O–H groups in total. The first-order valence-electron chi connectivity index (χ1n) is 17.5. The van der Waals surface area contributed by atoms with Gasteiger partial charge in [-0.3, -0.25) is 0 Å². The average molecular weight is 650 g/mol. The zero-order valence-electron chi connectivity index (χ0n) is 27.7. The number of rotatable bonds is 4. The summed E-state index contributed by atoms with van der Waals surface area (Å²) in [4.78, 5) is 0. The third kappa shape index (κ3) is 4.06. The van der Waals surface area contributed by atoms with Crippen molar-refractivity contribution in [2.45, 2.75) is 0 Å². The quantitative estimate of drug-likeness (QED) is 0.180. The van der Waals surface area contributed by atoms with E-state index in [0.29, 0.717) is 0 Å². The summed E-state index contributed by atoms with van der Waals surface area (Å²) in [6, 6.07) is 68.4. The summed E-state index contributed by atoms with van der Waals surface area (Å²) in [6.45, 7) is 0. The van der Waals surface area contributed by atoms with Crippen molar-refractivity contribution in [3.63, 3.8) is 0 Å². The van der Waals surface area contributed by atoms with E-state index in [9.17, 15) is 0 Å². The van der Waals surface area contributed by atoms with Crippen molar-refractivity contribution >= 4 is 65.4 Å². The molecular weight excluding hydrogens is 619 g/mol.